The molecule has 0 aromatic heterocycles. The van der Waals surface area contributed by atoms with Gasteiger partial charge in [0.1, 0.15) is 11.1 Å². The number of amides is 1. The molecule has 0 saturated carbocycles. The molecule has 16 heavy (non-hydrogen) atoms. The normalized spacial score (nSPS) is 22.0. The van der Waals surface area contributed by atoms with Gasteiger partial charge in [-0.3, -0.25) is 4.84 Å². The van der Waals surface area contributed by atoms with Crippen molar-refractivity contribution in [2.24, 2.45) is 10.6 Å². The van der Waals surface area contributed by atoms with E-state index in [0.29, 0.717) is 6.61 Å². The van der Waals surface area contributed by atoms with Crippen LogP contribution in [0, 0.1) is 5.41 Å². The first-order valence-corrected chi connectivity index (χ1v) is 6.20. The molecule has 1 rings (SSSR count). The van der Waals surface area contributed by atoms with E-state index in [4.69, 9.17) is 9.57 Å². The van der Waals surface area contributed by atoms with Gasteiger partial charge in [-0.2, -0.15) is 0 Å². The third kappa shape index (κ3) is 3.68. The summed E-state index contributed by atoms with van der Waals surface area (Å²) in [5.74, 6) is 0.944. The van der Waals surface area contributed by atoms with Gasteiger partial charge in [-0.05, 0) is 0 Å². The number of hydrogen-bond acceptors (Lipinski definition) is 5. The molecular formula is C10H18N2O3S. The summed E-state index contributed by atoms with van der Waals surface area (Å²) in [7, 11) is 1.50. The van der Waals surface area contributed by atoms with E-state index in [1.807, 2.05) is 20.8 Å². The number of nitrogens with one attached hydrogen (secondary N) is 1. The summed E-state index contributed by atoms with van der Waals surface area (Å²) in [4.78, 5) is 15.7. The fourth-order valence-corrected chi connectivity index (χ4v) is 2.34. The van der Waals surface area contributed by atoms with Gasteiger partial charge >= 0.3 is 6.09 Å². The summed E-state index contributed by atoms with van der Waals surface area (Å²) in [6, 6.07) is 0. The third-order valence-electron chi connectivity index (χ3n) is 2.04. The Morgan fingerprint density at radius 3 is 2.69 bits per heavy atom. The highest BCUT2D eigenvalue weighted by Crippen LogP contribution is 2.30. The first-order valence-electron chi connectivity index (χ1n) is 5.15. The molecule has 5 nitrogen and oxygen atoms in total. The maximum atomic E-state index is 11.0. The second-order valence-corrected chi connectivity index (χ2v) is 5.60. The van der Waals surface area contributed by atoms with Crippen LogP contribution >= 0.6 is 11.8 Å². The smallest absolute Gasteiger partial charge is 0.360 e. The molecule has 0 bridgehead atoms. The Labute approximate surface area is 99.9 Å². The molecule has 1 fully saturated rings. The Morgan fingerprint density at radius 2 is 2.25 bits per heavy atom. The molecular weight excluding hydrogens is 228 g/mol. The number of oxime groups is 1. The van der Waals surface area contributed by atoms with Gasteiger partial charge < -0.3 is 10.1 Å². The third-order valence-corrected chi connectivity index (χ3v) is 3.11. The minimum atomic E-state index is -0.565. The second-order valence-electron chi connectivity index (χ2n) is 4.43. The fourth-order valence-electron chi connectivity index (χ4n) is 1.19. The van der Waals surface area contributed by atoms with Crippen molar-refractivity contribution in [1.82, 2.24) is 5.32 Å². The summed E-state index contributed by atoms with van der Waals surface area (Å²) in [5.41, 5.74) is 0.457. The molecule has 1 aliphatic rings. The van der Waals surface area contributed by atoms with E-state index in [1.165, 1.54) is 7.05 Å². The maximum Gasteiger partial charge on any atom is 0.433 e. The molecule has 0 radical (unpaired) electrons. The predicted molar refractivity (Wildman–Crippen MR) is 64.6 cm³/mol. The van der Waals surface area contributed by atoms with E-state index in [1.54, 1.807) is 11.8 Å². The average molecular weight is 246 g/mol. The molecule has 1 heterocycles. The number of rotatable bonds is 2. The quantitative estimate of drug-likeness (QED) is 0.459. The number of ether oxygens (including phenoxy) is 1. The molecule has 0 aromatic carbocycles. The van der Waals surface area contributed by atoms with Gasteiger partial charge in [-0.15, -0.1) is 11.8 Å². The van der Waals surface area contributed by atoms with Crippen LogP contribution in [0.15, 0.2) is 5.16 Å². The van der Waals surface area contributed by atoms with Crippen LogP contribution in [0.5, 0.6) is 0 Å². The molecule has 1 N–H and O–H groups in total. The largest absolute Gasteiger partial charge is 0.433 e. The van der Waals surface area contributed by atoms with Crippen molar-refractivity contribution in [3.8, 4) is 0 Å². The van der Waals surface area contributed by atoms with Gasteiger partial charge in [0.15, 0.2) is 0 Å². The lowest BCUT2D eigenvalue weighted by atomic mass is 9.90. The fraction of sp³-hybridized carbons (Fsp3) is 0.800. The number of hydrogen-bond donors (Lipinski definition) is 1. The predicted octanol–water partition coefficient (Wildman–Crippen LogP) is 1.83. The summed E-state index contributed by atoms with van der Waals surface area (Å²) in [6.45, 7) is 6.76. The van der Waals surface area contributed by atoms with Gasteiger partial charge in [0, 0.05) is 18.2 Å². The van der Waals surface area contributed by atoms with Crippen molar-refractivity contribution in [2.75, 3.05) is 19.4 Å². The van der Waals surface area contributed by atoms with Crippen LogP contribution in [0.4, 0.5) is 4.79 Å². The molecule has 0 aliphatic carbocycles. The van der Waals surface area contributed by atoms with Crippen molar-refractivity contribution >= 4 is 23.6 Å². The van der Waals surface area contributed by atoms with Crippen molar-refractivity contribution in [1.29, 1.82) is 0 Å². The molecule has 0 spiro atoms. The van der Waals surface area contributed by atoms with E-state index in [9.17, 15) is 4.79 Å². The molecule has 0 aromatic rings. The average Bonchev–Trinajstić information content (AvgIpc) is 2.68. The van der Waals surface area contributed by atoms with Crippen molar-refractivity contribution in [3.05, 3.63) is 0 Å². The van der Waals surface area contributed by atoms with E-state index in [-0.39, 0.29) is 10.9 Å². The second kappa shape index (κ2) is 5.54. The standard InChI is InChI=1S/C10H18N2O3S/c1-10(2,3)7(8-14-5-6-16-8)12-15-9(13)11-4/h8H,5-6H2,1-4H3,(H,11,13). The van der Waals surface area contributed by atoms with Gasteiger partial charge in [-0.1, -0.05) is 25.9 Å². The van der Waals surface area contributed by atoms with Gasteiger partial charge in [0.05, 0.1) is 6.61 Å². The van der Waals surface area contributed by atoms with Crippen LogP contribution in [0.2, 0.25) is 0 Å². The number of thioether (sulfide) groups is 1. The molecule has 1 saturated heterocycles. The highest BCUT2D eigenvalue weighted by molar-refractivity contribution is 8.00. The van der Waals surface area contributed by atoms with Crippen LogP contribution in [-0.4, -0.2) is 36.6 Å². The summed E-state index contributed by atoms with van der Waals surface area (Å²) in [6.07, 6.45) is -0.565. The zero-order chi connectivity index (χ0) is 12.2. The monoisotopic (exact) mass is 246 g/mol. The molecule has 1 aliphatic heterocycles. The van der Waals surface area contributed by atoms with Gasteiger partial charge in [-0.25, -0.2) is 4.79 Å². The highest BCUT2D eigenvalue weighted by Gasteiger charge is 2.32. The summed E-state index contributed by atoms with van der Waals surface area (Å²) in [5, 5.41) is 6.25. The summed E-state index contributed by atoms with van der Waals surface area (Å²) >= 11 is 1.67. The van der Waals surface area contributed by atoms with Gasteiger partial charge in [0.25, 0.3) is 0 Å². The van der Waals surface area contributed by atoms with Crippen molar-refractivity contribution < 1.29 is 14.4 Å². The Balaban J connectivity index is 2.74. The lowest BCUT2D eigenvalue weighted by Gasteiger charge is -2.24. The highest BCUT2D eigenvalue weighted by atomic mass is 32.2. The number of nitrogens with zero attached hydrogens (tertiary/aromatic N) is 1. The maximum absolute atomic E-state index is 11.0. The van der Waals surface area contributed by atoms with Crippen LogP contribution in [0.3, 0.4) is 0 Å². The topological polar surface area (TPSA) is 59.9 Å². The summed E-state index contributed by atoms with van der Waals surface area (Å²) < 4.78 is 5.53. The Morgan fingerprint density at radius 1 is 1.56 bits per heavy atom. The number of carbonyl (C=O) groups excluding carboxylic acids is 1. The number of carbonyl (C=O) groups is 1. The van der Waals surface area contributed by atoms with E-state index < -0.39 is 6.09 Å². The van der Waals surface area contributed by atoms with Crippen LogP contribution in [0.1, 0.15) is 20.8 Å². The molecule has 1 amide bonds. The van der Waals surface area contributed by atoms with Crippen LogP contribution < -0.4 is 5.32 Å². The molecule has 6 heteroatoms. The lowest BCUT2D eigenvalue weighted by molar-refractivity contribution is 0.143. The van der Waals surface area contributed by atoms with E-state index in [2.05, 4.69) is 10.5 Å². The van der Waals surface area contributed by atoms with Crippen molar-refractivity contribution in [2.45, 2.75) is 26.2 Å². The first kappa shape index (κ1) is 13.3. The van der Waals surface area contributed by atoms with Crippen LogP contribution in [0.25, 0.3) is 0 Å². The lowest BCUT2D eigenvalue weighted by Crippen LogP contribution is -2.31. The zero-order valence-electron chi connectivity index (χ0n) is 10.1. The Hall–Kier alpha value is -0.750. The molecule has 92 valence electrons. The zero-order valence-corrected chi connectivity index (χ0v) is 10.9. The molecule has 1 unspecified atom stereocenters. The van der Waals surface area contributed by atoms with Crippen LogP contribution in [-0.2, 0) is 9.57 Å². The van der Waals surface area contributed by atoms with Crippen molar-refractivity contribution in [3.63, 3.8) is 0 Å². The SMILES string of the molecule is CNC(=O)ON=C(C1OCCS1)C(C)(C)C. The molecule has 1 atom stereocenters. The first-order chi connectivity index (χ1) is 7.45. The minimum absolute atomic E-state index is 0.107. The Kier molecular flexibility index (Phi) is 4.61. The van der Waals surface area contributed by atoms with E-state index in [0.717, 1.165) is 11.5 Å². The van der Waals surface area contributed by atoms with E-state index >= 15 is 0 Å². The Bertz CT molecular complexity index is 280. The van der Waals surface area contributed by atoms with Gasteiger partial charge in [0.2, 0.25) is 0 Å². The minimum Gasteiger partial charge on any atom is -0.360 e.